The molecule has 49 heavy (non-hydrogen) atoms. The lowest BCUT2D eigenvalue weighted by molar-refractivity contribution is 0.436. The molecular weight excluding hydrogens is 595 g/mol. The van der Waals surface area contributed by atoms with Gasteiger partial charge >= 0.3 is 0 Å². The molecule has 1 aliphatic carbocycles. The van der Waals surface area contributed by atoms with Gasteiger partial charge in [-0.2, -0.15) is 0 Å². The number of rotatable bonds is 2. The summed E-state index contributed by atoms with van der Waals surface area (Å²) in [5, 5.41) is 4.98. The highest BCUT2D eigenvalue weighted by Crippen LogP contribution is 2.62. The van der Waals surface area contributed by atoms with Crippen LogP contribution in [0.1, 0.15) is 22.3 Å². The molecule has 228 valence electrons. The summed E-state index contributed by atoms with van der Waals surface area (Å²) in [7, 11) is 0. The molecule has 2 aliphatic rings. The first kappa shape index (κ1) is 26.7. The van der Waals surface area contributed by atoms with Crippen molar-refractivity contribution in [3.8, 4) is 39.4 Å². The second-order valence-corrected chi connectivity index (χ2v) is 13.3. The van der Waals surface area contributed by atoms with E-state index in [2.05, 4.69) is 180 Å². The topological polar surface area (TPSA) is 14.2 Å². The molecule has 2 heteroatoms. The highest BCUT2D eigenvalue weighted by atomic mass is 16.5. The van der Waals surface area contributed by atoms with E-state index in [0.29, 0.717) is 0 Å². The molecule has 0 saturated carbocycles. The van der Waals surface area contributed by atoms with Gasteiger partial charge < -0.3 is 9.30 Å². The van der Waals surface area contributed by atoms with Crippen LogP contribution in [0.3, 0.4) is 0 Å². The minimum atomic E-state index is -0.477. The molecule has 11 rings (SSSR count). The molecule has 0 radical (unpaired) electrons. The molecule has 0 saturated heterocycles. The minimum Gasteiger partial charge on any atom is -0.457 e. The van der Waals surface area contributed by atoms with Gasteiger partial charge in [0.2, 0.25) is 0 Å². The number of ether oxygens (including phenoxy) is 1. The zero-order valence-corrected chi connectivity index (χ0v) is 26.6. The van der Waals surface area contributed by atoms with Crippen LogP contribution in [0, 0.1) is 0 Å². The average molecular weight is 624 g/mol. The maximum atomic E-state index is 6.68. The number of fused-ring (bicyclic) bond motifs is 13. The maximum absolute atomic E-state index is 6.68. The summed E-state index contributed by atoms with van der Waals surface area (Å²) in [5.41, 5.74) is 13.1. The first-order valence-electron chi connectivity index (χ1n) is 16.9. The third-order valence-corrected chi connectivity index (χ3v) is 10.8. The summed E-state index contributed by atoms with van der Waals surface area (Å²) in [4.78, 5) is 0. The lowest BCUT2D eigenvalue weighted by Gasteiger charge is -2.39. The monoisotopic (exact) mass is 623 g/mol. The van der Waals surface area contributed by atoms with Gasteiger partial charge in [0.1, 0.15) is 11.5 Å². The van der Waals surface area contributed by atoms with Crippen molar-refractivity contribution < 1.29 is 4.74 Å². The van der Waals surface area contributed by atoms with Crippen molar-refractivity contribution in [2.45, 2.75) is 5.41 Å². The van der Waals surface area contributed by atoms with Gasteiger partial charge in [0, 0.05) is 27.6 Å². The van der Waals surface area contributed by atoms with Crippen molar-refractivity contribution in [2.75, 3.05) is 0 Å². The van der Waals surface area contributed by atoms with Crippen LogP contribution in [0.2, 0.25) is 0 Å². The van der Waals surface area contributed by atoms with Crippen molar-refractivity contribution in [1.29, 1.82) is 0 Å². The Hall–Kier alpha value is -6.38. The largest absolute Gasteiger partial charge is 0.457 e. The van der Waals surface area contributed by atoms with E-state index < -0.39 is 5.41 Å². The van der Waals surface area contributed by atoms with Crippen LogP contribution in [-0.4, -0.2) is 4.57 Å². The summed E-state index contributed by atoms with van der Waals surface area (Å²) in [6.07, 6.45) is 0. The molecule has 8 aromatic carbocycles. The normalized spacial score (nSPS) is 13.6. The Balaban J connectivity index is 1.14. The van der Waals surface area contributed by atoms with E-state index in [-0.39, 0.29) is 0 Å². The molecule has 2 nitrogen and oxygen atoms in total. The molecule has 0 bridgehead atoms. The number of benzene rings is 8. The summed E-state index contributed by atoms with van der Waals surface area (Å²) < 4.78 is 9.07. The lowest BCUT2D eigenvalue weighted by Crippen LogP contribution is -2.32. The van der Waals surface area contributed by atoms with E-state index in [1.54, 1.807) is 0 Å². The van der Waals surface area contributed by atoms with Gasteiger partial charge in [-0.05, 0) is 98.8 Å². The second kappa shape index (κ2) is 9.82. The van der Waals surface area contributed by atoms with Crippen molar-refractivity contribution in [1.82, 2.24) is 4.57 Å². The molecular formula is C47H29NO. The van der Waals surface area contributed by atoms with Crippen molar-refractivity contribution in [3.05, 3.63) is 198 Å². The molecule has 1 aromatic heterocycles. The van der Waals surface area contributed by atoms with E-state index in [4.69, 9.17) is 4.74 Å². The van der Waals surface area contributed by atoms with Crippen LogP contribution in [0.4, 0.5) is 0 Å². The third-order valence-electron chi connectivity index (χ3n) is 10.8. The fraction of sp³-hybridized carbons (Fsp3) is 0.0213. The fourth-order valence-electron chi connectivity index (χ4n) is 8.78. The number of hydrogen-bond acceptors (Lipinski definition) is 1. The molecule has 0 atom stereocenters. The zero-order valence-electron chi connectivity index (χ0n) is 26.6. The average Bonchev–Trinajstić information content (AvgIpc) is 3.64. The SMILES string of the molecule is c1ccc(-n2c3ccccc3c3cc4cc(-c5ccc6c(c5)C5(c7ccccc7O6)c6ccccc6-c6ccccc65)ccc4cc32)cc1. The van der Waals surface area contributed by atoms with Crippen molar-refractivity contribution in [3.63, 3.8) is 0 Å². The molecule has 0 fully saturated rings. The van der Waals surface area contributed by atoms with E-state index in [1.807, 2.05) is 0 Å². The number of para-hydroxylation sites is 3. The first-order valence-corrected chi connectivity index (χ1v) is 16.9. The maximum Gasteiger partial charge on any atom is 0.132 e. The fourth-order valence-corrected chi connectivity index (χ4v) is 8.78. The Bertz CT molecular complexity index is 2760. The Kier molecular flexibility index (Phi) is 5.34. The number of aromatic nitrogens is 1. The van der Waals surface area contributed by atoms with E-state index >= 15 is 0 Å². The van der Waals surface area contributed by atoms with Crippen LogP contribution in [0.25, 0.3) is 60.5 Å². The minimum absolute atomic E-state index is 0.477. The van der Waals surface area contributed by atoms with Crippen molar-refractivity contribution in [2.24, 2.45) is 0 Å². The third kappa shape index (κ3) is 3.55. The smallest absolute Gasteiger partial charge is 0.132 e. The van der Waals surface area contributed by atoms with Gasteiger partial charge in [-0.15, -0.1) is 0 Å². The summed E-state index contributed by atoms with van der Waals surface area (Å²) >= 11 is 0. The number of hydrogen-bond donors (Lipinski definition) is 0. The van der Waals surface area contributed by atoms with E-state index in [9.17, 15) is 0 Å². The predicted octanol–water partition coefficient (Wildman–Crippen LogP) is 12.1. The van der Waals surface area contributed by atoms with Crippen LogP contribution in [0.5, 0.6) is 11.5 Å². The van der Waals surface area contributed by atoms with Gasteiger partial charge in [0.15, 0.2) is 0 Å². The summed E-state index contributed by atoms with van der Waals surface area (Å²) in [6.45, 7) is 0. The molecule has 1 spiro atoms. The van der Waals surface area contributed by atoms with Gasteiger partial charge in [-0.25, -0.2) is 0 Å². The Morgan fingerprint density at radius 2 is 1.02 bits per heavy atom. The highest BCUT2D eigenvalue weighted by molar-refractivity contribution is 6.14. The van der Waals surface area contributed by atoms with E-state index in [0.717, 1.165) is 11.5 Å². The molecule has 0 amide bonds. The van der Waals surface area contributed by atoms with Crippen LogP contribution in [-0.2, 0) is 5.41 Å². The first-order chi connectivity index (χ1) is 24.3. The summed E-state index contributed by atoms with van der Waals surface area (Å²) in [5.74, 6) is 1.82. The van der Waals surface area contributed by atoms with Gasteiger partial charge in [-0.3, -0.25) is 0 Å². The Labute approximate surface area is 284 Å². The molecule has 0 unspecified atom stereocenters. The number of nitrogens with zero attached hydrogens (tertiary/aromatic N) is 1. The van der Waals surface area contributed by atoms with Crippen LogP contribution < -0.4 is 4.74 Å². The summed E-state index contributed by atoms with van der Waals surface area (Å²) in [6, 6.07) is 64.2. The Morgan fingerprint density at radius 1 is 0.388 bits per heavy atom. The standard InChI is InChI=1S/C47H29NO/c1-2-12-34(13-3-1)48-43-20-10-6-16-37(43)38-27-33-26-30(22-23-32(33)29-44(38)48)31-24-25-46-42(28-31)47(41-19-9-11-21-45(41)49-46)39-17-7-4-14-35(39)36-15-5-8-18-40(36)47/h1-29H. The molecule has 0 N–H and O–H groups in total. The van der Waals surface area contributed by atoms with Gasteiger partial charge in [0.25, 0.3) is 0 Å². The lowest BCUT2D eigenvalue weighted by atomic mass is 9.66. The quantitative estimate of drug-likeness (QED) is 0.187. The molecule has 1 aliphatic heterocycles. The van der Waals surface area contributed by atoms with Crippen LogP contribution >= 0.6 is 0 Å². The second-order valence-electron chi connectivity index (χ2n) is 13.3. The zero-order chi connectivity index (χ0) is 32.1. The van der Waals surface area contributed by atoms with Crippen molar-refractivity contribution >= 4 is 32.6 Å². The molecule has 9 aromatic rings. The van der Waals surface area contributed by atoms with E-state index in [1.165, 1.54) is 82.8 Å². The molecule has 2 heterocycles. The highest BCUT2D eigenvalue weighted by Gasteiger charge is 2.50. The predicted molar refractivity (Wildman–Crippen MR) is 201 cm³/mol. The Morgan fingerprint density at radius 3 is 1.84 bits per heavy atom. The van der Waals surface area contributed by atoms with Gasteiger partial charge in [0.05, 0.1) is 16.4 Å². The van der Waals surface area contributed by atoms with Gasteiger partial charge in [-0.1, -0.05) is 121 Å². The van der Waals surface area contributed by atoms with Crippen LogP contribution in [0.15, 0.2) is 176 Å².